The number of hydrogen-bond acceptors (Lipinski definition) is 2. The molecule has 1 atom stereocenters. The van der Waals surface area contributed by atoms with Crippen LogP contribution in [0, 0.1) is 17.1 Å². The van der Waals surface area contributed by atoms with Crippen LogP contribution >= 0.6 is 11.6 Å². The molecule has 0 radical (unpaired) electrons. The minimum Gasteiger partial charge on any atom is -0.322 e. The standard InChI is InChI=1S/C21H14ClFN2O/c22-20-12-17(25-21(26)15-7-4-8-16(23)11-15)9-10-18(20)19(13-24)14-5-2-1-3-6-14/h1-12,19H,(H,25,26)/t19-/m0/s1. The maximum Gasteiger partial charge on any atom is 0.255 e. The smallest absolute Gasteiger partial charge is 0.255 e. The van der Waals surface area contributed by atoms with Gasteiger partial charge in [0.15, 0.2) is 0 Å². The Morgan fingerprint density at radius 1 is 1.04 bits per heavy atom. The zero-order valence-electron chi connectivity index (χ0n) is 13.6. The van der Waals surface area contributed by atoms with Gasteiger partial charge in [0.2, 0.25) is 0 Å². The second kappa shape index (κ2) is 7.81. The van der Waals surface area contributed by atoms with Gasteiger partial charge in [-0.1, -0.05) is 54.1 Å². The molecule has 3 aromatic carbocycles. The number of anilines is 1. The van der Waals surface area contributed by atoms with Gasteiger partial charge < -0.3 is 5.32 Å². The summed E-state index contributed by atoms with van der Waals surface area (Å²) >= 11 is 6.35. The third-order valence-corrected chi connectivity index (χ3v) is 4.25. The van der Waals surface area contributed by atoms with Crippen LogP contribution in [-0.4, -0.2) is 5.91 Å². The fourth-order valence-electron chi connectivity index (χ4n) is 2.64. The van der Waals surface area contributed by atoms with Crippen molar-refractivity contribution in [3.05, 3.63) is 100 Å². The van der Waals surface area contributed by atoms with Crippen molar-refractivity contribution >= 4 is 23.2 Å². The van der Waals surface area contributed by atoms with Gasteiger partial charge in [-0.15, -0.1) is 0 Å². The van der Waals surface area contributed by atoms with E-state index in [9.17, 15) is 14.4 Å². The molecule has 1 N–H and O–H groups in total. The Morgan fingerprint density at radius 2 is 1.81 bits per heavy atom. The topological polar surface area (TPSA) is 52.9 Å². The first-order valence-electron chi connectivity index (χ1n) is 7.89. The van der Waals surface area contributed by atoms with Crippen molar-refractivity contribution in [3.63, 3.8) is 0 Å². The van der Waals surface area contributed by atoms with Crippen molar-refractivity contribution < 1.29 is 9.18 Å². The zero-order chi connectivity index (χ0) is 18.5. The second-order valence-corrected chi connectivity index (χ2v) is 6.08. The van der Waals surface area contributed by atoms with E-state index in [0.29, 0.717) is 16.3 Å². The number of nitriles is 1. The van der Waals surface area contributed by atoms with Gasteiger partial charge in [-0.2, -0.15) is 5.26 Å². The molecule has 5 heteroatoms. The van der Waals surface area contributed by atoms with Gasteiger partial charge in [-0.3, -0.25) is 4.79 Å². The van der Waals surface area contributed by atoms with E-state index < -0.39 is 17.6 Å². The number of amides is 1. The number of nitrogens with zero attached hydrogens (tertiary/aromatic N) is 1. The first kappa shape index (κ1) is 17.7. The monoisotopic (exact) mass is 364 g/mol. The molecule has 0 heterocycles. The van der Waals surface area contributed by atoms with Gasteiger partial charge in [-0.25, -0.2) is 4.39 Å². The molecule has 0 aromatic heterocycles. The first-order valence-corrected chi connectivity index (χ1v) is 8.27. The lowest BCUT2D eigenvalue weighted by Crippen LogP contribution is -2.12. The predicted octanol–water partition coefficient (Wildman–Crippen LogP) is 5.39. The largest absolute Gasteiger partial charge is 0.322 e. The summed E-state index contributed by atoms with van der Waals surface area (Å²) in [6, 6.07) is 22.0. The van der Waals surface area contributed by atoms with Crippen LogP contribution < -0.4 is 5.32 Å². The molecule has 3 nitrogen and oxygen atoms in total. The lowest BCUT2D eigenvalue weighted by molar-refractivity contribution is 0.102. The van der Waals surface area contributed by atoms with Gasteiger partial charge >= 0.3 is 0 Å². The van der Waals surface area contributed by atoms with Crippen LogP contribution in [0.4, 0.5) is 10.1 Å². The molecule has 0 aliphatic heterocycles. The molecule has 128 valence electrons. The van der Waals surface area contributed by atoms with Crippen molar-refractivity contribution in [2.24, 2.45) is 0 Å². The first-order chi connectivity index (χ1) is 12.6. The number of carbonyl (C=O) groups is 1. The minimum absolute atomic E-state index is 0.212. The summed E-state index contributed by atoms with van der Waals surface area (Å²) in [5.41, 5.74) is 2.18. The minimum atomic E-state index is -0.503. The Labute approximate surface area is 155 Å². The molecule has 1 amide bonds. The molecular formula is C21H14ClFN2O. The van der Waals surface area contributed by atoms with Crippen molar-refractivity contribution in [1.29, 1.82) is 5.26 Å². The van der Waals surface area contributed by atoms with Crippen LogP contribution in [-0.2, 0) is 0 Å². The quantitative estimate of drug-likeness (QED) is 0.675. The van der Waals surface area contributed by atoms with Crippen LogP contribution in [0.3, 0.4) is 0 Å². The molecule has 0 aliphatic rings. The van der Waals surface area contributed by atoms with E-state index in [1.54, 1.807) is 18.2 Å². The third kappa shape index (κ3) is 3.90. The fraction of sp³-hybridized carbons (Fsp3) is 0.0476. The maximum atomic E-state index is 13.2. The lowest BCUT2D eigenvalue weighted by atomic mass is 9.92. The molecule has 3 rings (SSSR count). The van der Waals surface area contributed by atoms with Crippen molar-refractivity contribution in [3.8, 4) is 6.07 Å². The fourth-order valence-corrected chi connectivity index (χ4v) is 2.93. The molecule has 0 fully saturated rings. The maximum absolute atomic E-state index is 13.2. The number of nitrogens with one attached hydrogen (secondary N) is 1. The van der Waals surface area contributed by atoms with E-state index in [-0.39, 0.29) is 5.56 Å². The van der Waals surface area contributed by atoms with Gasteiger partial charge in [0.25, 0.3) is 5.91 Å². The van der Waals surface area contributed by atoms with Gasteiger partial charge in [0, 0.05) is 16.3 Å². The van der Waals surface area contributed by atoms with E-state index in [1.807, 2.05) is 30.3 Å². The average molecular weight is 365 g/mol. The molecule has 0 saturated heterocycles. The highest BCUT2D eigenvalue weighted by Crippen LogP contribution is 2.31. The molecular weight excluding hydrogens is 351 g/mol. The molecule has 0 bridgehead atoms. The van der Waals surface area contributed by atoms with E-state index >= 15 is 0 Å². The molecule has 26 heavy (non-hydrogen) atoms. The average Bonchev–Trinajstić information content (AvgIpc) is 2.65. The third-order valence-electron chi connectivity index (χ3n) is 3.92. The van der Waals surface area contributed by atoms with Crippen molar-refractivity contribution in [2.75, 3.05) is 5.32 Å². The van der Waals surface area contributed by atoms with Crippen molar-refractivity contribution in [2.45, 2.75) is 5.92 Å². The van der Waals surface area contributed by atoms with E-state index in [4.69, 9.17) is 11.6 Å². The zero-order valence-corrected chi connectivity index (χ0v) is 14.4. The summed E-state index contributed by atoms with van der Waals surface area (Å²) in [6.45, 7) is 0. The molecule has 0 aliphatic carbocycles. The Balaban J connectivity index is 1.83. The summed E-state index contributed by atoms with van der Waals surface area (Å²) in [7, 11) is 0. The SMILES string of the molecule is N#C[C@@H](c1ccccc1)c1ccc(NC(=O)c2cccc(F)c2)cc1Cl. The normalized spacial score (nSPS) is 11.4. The highest BCUT2D eigenvalue weighted by atomic mass is 35.5. The number of rotatable bonds is 4. The Bertz CT molecular complexity index is 983. The number of hydrogen-bond donors (Lipinski definition) is 1. The Morgan fingerprint density at radius 3 is 2.46 bits per heavy atom. The van der Waals surface area contributed by atoms with Crippen LogP contribution in [0.25, 0.3) is 0 Å². The predicted molar refractivity (Wildman–Crippen MR) is 99.7 cm³/mol. The Hall–Kier alpha value is -3.16. The summed E-state index contributed by atoms with van der Waals surface area (Å²) < 4.78 is 13.2. The molecule has 3 aromatic rings. The van der Waals surface area contributed by atoms with Crippen LogP contribution in [0.15, 0.2) is 72.8 Å². The van der Waals surface area contributed by atoms with E-state index in [1.165, 1.54) is 18.2 Å². The van der Waals surface area contributed by atoms with Gasteiger partial charge in [0.05, 0.1) is 12.0 Å². The lowest BCUT2D eigenvalue weighted by Gasteiger charge is -2.13. The van der Waals surface area contributed by atoms with Crippen LogP contribution in [0.1, 0.15) is 27.4 Å². The second-order valence-electron chi connectivity index (χ2n) is 5.67. The van der Waals surface area contributed by atoms with Gasteiger partial charge in [0.1, 0.15) is 5.82 Å². The highest BCUT2D eigenvalue weighted by Gasteiger charge is 2.17. The summed E-state index contributed by atoms with van der Waals surface area (Å²) in [5.74, 6) is -1.42. The van der Waals surface area contributed by atoms with Crippen LogP contribution in [0.2, 0.25) is 5.02 Å². The van der Waals surface area contributed by atoms with E-state index in [0.717, 1.165) is 11.6 Å². The molecule has 0 saturated carbocycles. The molecule has 0 unspecified atom stereocenters. The number of halogens is 2. The summed E-state index contributed by atoms with van der Waals surface area (Å²) in [5, 5.41) is 12.6. The number of carbonyl (C=O) groups excluding carboxylic acids is 1. The molecule has 0 spiro atoms. The summed E-state index contributed by atoms with van der Waals surface area (Å²) in [4.78, 5) is 12.2. The summed E-state index contributed by atoms with van der Waals surface area (Å²) in [6.07, 6.45) is 0. The van der Waals surface area contributed by atoms with Gasteiger partial charge in [-0.05, 0) is 41.5 Å². The van der Waals surface area contributed by atoms with Crippen LogP contribution in [0.5, 0.6) is 0 Å². The number of benzene rings is 3. The van der Waals surface area contributed by atoms with Crippen molar-refractivity contribution in [1.82, 2.24) is 0 Å². The highest BCUT2D eigenvalue weighted by molar-refractivity contribution is 6.32. The van der Waals surface area contributed by atoms with E-state index in [2.05, 4.69) is 11.4 Å². The Kier molecular flexibility index (Phi) is 5.31.